The van der Waals surface area contributed by atoms with Gasteiger partial charge in [-0.2, -0.15) is 0 Å². The number of amides is 1. The number of hydrogen-bond acceptors (Lipinski definition) is 2. The molecule has 0 aliphatic carbocycles. The smallest absolute Gasteiger partial charge is 0.234 e. The van der Waals surface area contributed by atoms with E-state index in [9.17, 15) is 9.18 Å². The second-order valence-corrected chi connectivity index (χ2v) is 4.24. The molecule has 1 aromatic rings. The topological polar surface area (TPSA) is 55.1 Å². The zero-order chi connectivity index (χ0) is 12.8. The molecule has 0 aromatic heterocycles. The Labute approximate surface area is 112 Å². The fourth-order valence-electron chi connectivity index (χ4n) is 0.977. The molecule has 0 bridgehead atoms. The van der Waals surface area contributed by atoms with Gasteiger partial charge < -0.3 is 11.1 Å². The highest BCUT2D eigenvalue weighted by Gasteiger charge is 2.07. The van der Waals surface area contributed by atoms with Crippen LogP contribution in [0.15, 0.2) is 16.6 Å². The van der Waals surface area contributed by atoms with Crippen LogP contribution in [0.4, 0.5) is 4.39 Å². The average Bonchev–Trinajstić information content (AvgIpc) is 2.33. The molecule has 0 radical (unpaired) electrons. The van der Waals surface area contributed by atoms with Gasteiger partial charge in [-0.1, -0.05) is 23.4 Å². The van der Waals surface area contributed by atoms with E-state index in [1.54, 1.807) is 6.07 Å². The minimum atomic E-state index is -0.585. The fourth-order valence-corrected chi connectivity index (χ4v) is 1.45. The zero-order valence-corrected chi connectivity index (χ0v) is 11.0. The van der Waals surface area contributed by atoms with Crippen molar-refractivity contribution in [2.75, 3.05) is 13.1 Å². The van der Waals surface area contributed by atoms with Crippen molar-refractivity contribution in [3.63, 3.8) is 0 Å². The number of nitrogens with two attached hydrogens (primary N) is 1. The summed E-state index contributed by atoms with van der Waals surface area (Å²) in [6.07, 6.45) is 0. The Kier molecular flexibility index (Phi) is 5.42. The highest BCUT2D eigenvalue weighted by molar-refractivity contribution is 9.10. The van der Waals surface area contributed by atoms with E-state index in [4.69, 9.17) is 17.3 Å². The van der Waals surface area contributed by atoms with Gasteiger partial charge in [0.25, 0.3) is 0 Å². The quantitative estimate of drug-likeness (QED) is 0.643. The van der Waals surface area contributed by atoms with E-state index in [1.807, 2.05) is 0 Å². The number of carbonyl (C=O) groups excluding carboxylic acids is 1. The molecule has 0 unspecified atom stereocenters. The molecule has 0 saturated carbocycles. The lowest BCUT2D eigenvalue weighted by Crippen LogP contribution is -2.30. The van der Waals surface area contributed by atoms with Gasteiger partial charge in [0.05, 0.1) is 23.7 Å². The number of halogens is 3. The SMILES string of the molecule is NCC(=O)NCC#Cc1ccc(Br)c(Cl)c1F. The van der Waals surface area contributed by atoms with Crippen molar-refractivity contribution in [1.29, 1.82) is 0 Å². The second-order valence-electron chi connectivity index (χ2n) is 3.01. The van der Waals surface area contributed by atoms with Gasteiger partial charge in [0.15, 0.2) is 5.82 Å². The van der Waals surface area contributed by atoms with Crippen LogP contribution in [-0.4, -0.2) is 19.0 Å². The second kappa shape index (κ2) is 6.60. The van der Waals surface area contributed by atoms with Gasteiger partial charge in [0.1, 0.15) is 0 Å². The minimum absolute atomic E-state index is 0.0113. The molecule has 1 aromatic carbocycles. The van der Waals surface area contributed by atoms with Crippen LogP contribution in [0.1, 0.15) is 5.56 Å². The van der Waals surface area contributed by atoms with Gasteiger partial charge in [-0.25, -0.2) is 4.39 Å². The summed E-state index contributed by atoms with van der Waals surface area (Å²) in [5.74, 6) is 4.28. The summed E-state index contributed by atoms with van der Waals surface area (Å²) in [7, 11) is 0. The Bertz CT molecular complexity index is 496. The summed E-state index contributed by atoms with van der Waals surface area (Å²) >= 11 is 8.79. The third-order valence-electron chi connectivity index (χ3n) is 1.82. The maximum absolute atomic E-state index is 13.5. The number of carbonyl (C=O) groups is 1. The van der Waals surface area contributed by atoms with Crippen molar-refractivity contribution in [3.8, 4) is 11.8 Å². The normalized spacial score (nSPS) is 9.41. The van der Waals surface area contributed by atoms with Crippen LogP contribution in [-0.2, 0) is 4.79 Å². The van der Waals surface area contributed by atoms with Gasteiger partial charge in [-0.05, 0) is 28.1 Å². The van der Waals surface area contributed by atoms with Gasteiger partial charge >= 0.3 is 0 Å². The van der Waals surface area contributed by atoms with Crippen LogP contribution in [0.25, 0.3) is 0 Å². The number of nitrogens with one attached hydrogen (secondary N) is 1. The summed E-state index contributed by atoms with van der Waals surface area (Å²) in [6.45, 7) is 0.0172. The van der Waals surface area contributed by atoms with Gasteiger partial charge in [-0.3, -0.25) is 4.79 Å². The molecule has 90 valence electrons. The van der Waals surface area contributed by atoms with Crippen molar-refractivity contribution in [2.24, 2.45) is 5.73 Å². The van der Waals surface area contributed by atoms with E-state index in [2.05, 4.69) is 33.1 Å². The molecule has 0 atom stereocenters. The van der Waals surface area contributed by atoms with Crippen LogP contribution < -0.4 is 11.1 Å². The standard InChI is InChI=1S/C11H9BrClFN2O/c12-8-4-3-7(11(14)10(8)13)2-1-5-16-9(17)6-15/h3-4H,5-6,15H2,(H,16,17). The molecule has 17 heavy (non-hydrogen) atoms. The molecule has 3 N–H and O–H groups in total. The van der Waals surface area contributed by atoms with Gasteiger partial charge in [0.2, 0.25) is 5.91 Å². The van der Waals surface area contributed by atoms with Crippen LogP contribution in [0, 0.1) is 17.7 Å². The highest BCUT2D eigenvalue weighted by atomic mass is 79.9. The van der Waals surface area contributed by atoms with Gasteiger partial charge in [0, 0.05) is 4.47 Å². The number of rotatable bonds is 2. The first-order valence-electron chi connectivity index (χ1n) is 4.65. The summed E-state index contributed by atoms with van der Waals surface area (Å²) in [6, 6.07) is 3.11. The van der Waals surface area contributed by atoms with Gasteiger partial charge in [-0.15, -0.1) is 0 Å². The molecule has 0 spiro atoms. The molecule has 0 fully saturated rings. The molecular formula is C11H9BrClFN2O. The summed E-state index contributed by atoms with van der Waals surface area (Å²) in [4.78, 5) is 10.8. The van der Waals surface area contributed by atoms with E-state index >= 15 is 0 Å². The molecule has 0 aliphatic rings. The molecule has 1 amide bonds. The third-order valence-corrected chi connectivity index (χ3v) is 3.08. The van der Waals surface area contributed by atoms with Crippen molar-refractivity contribution in [3.05, 3.63) is 33.0 Å². The molecule has 0 aliphatic heterocycles. The Hall–Kier alpha value is -1.09. The highest BCUT2D eigenvalue weighted by Crippen LogP contribution is 2.26. The predicted octanol–water partition coefficient (Wildman–Crippen LogP) is 1.67. The van der Waals surface area contributed by atoms with Crippen LogP contribution >= 0.6 is 27.5 Å². The van der Waals surface area contributed by atoms with E-state index < -0.39 is 5.82 Å². The number of benzene rings is 1. The maximum Gasteiger partial charge on any atom is 0.234 e. The third kappa shape index (κ3) is 4.00. The molecule has 3 nitrogen and oxygen atoms in total. The minimum Gasteiger partial charge on any atom is -0.344 e. The molecule has 0 heterocycles. The van der Waals surface area contributed by atoms with Crippen molar-refractivity contribution >= 4 is 33.4 Å². The molecular weight excluding hydrogens is 310 g/mol. The van der Waals surface area contributed by atoms with Crippen LogP contribution in [0.2, 0.25) is 5.02 Å². The Balaban J connectivity index is 2.73. The van der Waals surface area contributed by atoms with E-state index in [-0.39, 0.29) is 29.6 Å². The first-order valence-corrected chi connectivity index (χ1v) is 5.82. The zero-order valence-electron chi connectivity index (χ0n) is 8.69. The predicted molar refractivity (Wildman–Crippen MR) is 68.1 cm³/mol. The van der Waals surface area contributed by atoms with E-state index in [0.29, 0.717) is 4.47 Å². The average molecular weight is 320 g/mol. The first kappa shape index (κ1) is 14.0. The van der Waals surface area contributed by atoms with Crippen LogP contribution in [0.3, 0.4) is 0 Å². The summed E-state index contributed by atoms with van der Waals surface area (Å²) < 4.78 is 14.0. The Morgan fingerprint density at radius 2 is 2.29 bits per heavy atom. The molecule has 1 rings (SSSR count). The fraction of sp³-hybridized carbons (Fsp3) is 0.182. The van der Waals surface area contributed by atoms with Crippen LogP contribution in [0.5, 0.6) is 0 Å². The maximum atomic E-state index is 13.5. The molecule has 0 saturated heterocycles. The van der Waals surface area contributed by atoms with Crippen molar-refractivity contribution < 1.29 is 9.18 Å². The largest absolute Gasteiger partial charge is 0.344 e. The van der Waals surface area contributed by atoms with Crippen molar-refractivity contribution in [2.45, 2.75) is 0 Å². The Morgan fingerprint density at radius 1 is 1.59 bits per heavy atom. The van der Waals surface area contributed by atoms with E-state index in [1.165, 1.54) is 6.07 Å². The summed E-state index contributed by atoms with van der Waals surface area (Å²) in [5, 5.41) is 2.43. The summed E-state index contributed by atoms with van der Waals surface area (Å²) in [5.41, 5.74) is 5.26. The lowest BCUT2D eigenvalue weighted by atomic mass is 10.2. The lowest BCUT2D eigenvalue weighted by molar-refractivity contribution is -0.119. The number of hydrogen-bond donors (Lipinski definition) is 2. The molecule has 6 heteroatoms. The van der Waals surface area contributed by atoms with E-state index in [0.717, 1.165) is 0 Å². The monoisotopic (exact) mass is 318 g/mol. The lowest BCUT2D eigenvalue weighted by Gasteiger charge is -1.99. The Morgan fingerprint density at radius 3 is 2.94 bits per heavy atom. The first-order chi connectivity index (χ1) is 8.06. The van der Waals surface area contributed by atoms with Crippen molar-refractivity contribution in [1.82, 2.24) is 5.32 Å².